The van der Waals surface area contributed by atoms with Gasteiger partial charge in [0.05, 0.1) is 29.2 Å². The Kier molecular flexibility index (Phi) is 7.29. The van der Waals surface area contributed by atoms with Crippen molar-refractivity contribution in [3.05, 3.63) is 47.0 Å². The first-order valence-electron chi connectivity index (χ1n) is 8.62. The van der Waals surface area contributed by atoms with E-state index in [2.05, 4.69) is 10.0 Å². The van der Waals surface area contributed by atoms with Gasteiger partial charge in [0.2, 0.25) is 10.0 Å². The monoisotopic (exact) mass is 426 g/mol. The van der Waals surface area contributed by atoms with Crippen molar-refractivity contribution in [2.24, 2.45) is 0 Å². The van der Waals surface area contributed by atoms with Crippen LogP contribution in [-0.4, -0.2) is 34.1 Å². The summed E-state index contributed by atoms with van der Waals surface area (Å²) >= 11 is 6.12. The molecule has 2 N–H and O–H groups in total. The van der Waals surface area contributed by atoms with Crippen molar-refractivity contribution in [2.75, 3.05) is 19.0 Å². The van der Waals surface area contributed by atoms with E-state index in [-0.39, 0.29) is 21.5 Å². The van der Waals surface area contributed by atoms with Gasteiger partial charge in [0.15, 0.2) is 11.5 Å². The molecule has 0 spiro atoms. The molecule has 0 aromatic heterocycles. The molecule has 28 heavy (non-hydrogen) atoms. The van der Waals surface area contributed by atoms with Crippen molar-refractivity contribution in [3.8, 4) is 11.5 Å². The molecule has 0 bridgehead atoms. The third-order valence-electron chi connectivity index (χ3n) is 3.60. The summed E-state index contributed by atoms with van der Waals surface area (Å²) in [5, 5.41) is 2.83. The number of rotatable bonds is 8. The first-order chi connectivity index (χ1) is 13.2. The van der Waals surface area contributed by atoms with E-state index in [1.54, 1.807) is 32.0 Å². The summed E-state index contributed by atoms with van der Waals surface area (Å²) in [6.07, 6.45) is 0. The second-order valence-electron chi connectivity index (χ2n) is 6.17. The lowest BCUT2D eigenvalue weighted by Crippen LogP contribution is -2.30. The van der Waals surface area contributed by atoms with Crippen LogP contribution in [0.5, 0.6) is 11.5 Å². The normalized spacial score (nSPS) is 11.4. The average Bonchev–Trinajstić information content (AvgIpc) is 2.62. The lowest BCUT2D eigenvalue weighted by molar-refractivity contribution is 0.102. The van der Waals surface area contributed by atoms with Gasteiger partial charge < -0.3 is 14.8 Å². The minimum absolute atomic E-state index is 0.0416. The molecule has 0 aliphatic carbocycles. The highest BCUT2D eigenvalue weighted by atomic mass is 35.5. The van der Waals surface area contributed by atoms with E-state index in [4.69, 9.17) is 21.1 Å². The van der Waals surface area contributed by atoms with Crippen LogP contribution in [0.25, 0.3) is 0 Å². The molecule has 0 heterocycles. The van der Waals surface area contributed by atoms with Gasteiger partial charge in [-0.1, -0.05) is 11.6 Å². The number of carbonyl (C=O) groups is 1. The van der Waals surface area contributed by atoms with Crippen LogP contribution in [0.1, 0.15) is 31.1 Å². The largest absolute Gasteiger partial charge is 0.493 e. The number of benzene rings is 2. The Morgan fingerprint density at radius 3 is 2.46 bits per heavy atom. The summed E-state index contributed by atoms with van der Waals surface area (Å²) in [4.78, 5) is 12.6. The van der Waals surface area contributed by atoms with Gasteiger partial charge in [0.25, 0.3) is 5.91 Å². The number of halogens is 1. The van der Waals surface area contributed by atoms with E-state index in [1.807, 2.05) is 6.92 Å². The van der Waals surface area contributed by atoms with Crippen LogP contribution >= 0.6 is 11.6 Å². The molecule has 152 valence electrons. The third-order valence-corrected chi connectivity index (χ3v) is 5.59. The molecule has 0 radical (unpaired) electrons. The molecule has 0 fully saturated rings. The zero-order valence-electron chi connectivity index (χ0n) is 16.1. The van der Waals surface area contributed by atoms with E-state index in [1.165, 1.54) is 25.3 Å². The highest BCUT2D eigenvalue weighted by Crippen LogP contribution is 2.31. The number of methoxy groups -OCH3 is 1. The Morgan fingerprint density at radius 2 is 1.86 bits per heavy atom. The van der Waals surface area contributed by atoms with Crippen LogP contribution in [0.2, 0.25) is 5.02 Å². The second-order valence-corrected chi connectivity index (χ2v) is 8.29. The fourth-order valence-electron chi connectivity index (χ4n) is 2.44. The van der Waals surface area contributed by atoms with E-state index in [0.29, 0.717) is 23.8 Å². The van der Waals surface area contributed by atoms with Gasteiger partial charge in [-0.15, -0.1) is 0 Å². The molecule has 0 atom stereocenters. The molecule has 2 aromatic rings. The maximum atomic E-state index is 12.7. The van der Waals surface area contributed by atoms with E-state index < -0.39 is 15.9 Å². The summed E-state index contributed by atoms with van der Waals surface area (Å²) in [6, 6.07) is 8.63. The van der Waals surface area contributed by atoms with Crippen LogP contribution in [0.15, 0.2) is 41.3 Å². The number of sulfonamides is 1. The van der Waals surface area contributed by atoms with Crippen LogP contribution in [0, 0.1) is 0 Å². The van der Waals surface area contributed by atoms with Crippen molar-refractivity contribution in [3.63, 3.8) is 0 Å². The van der Waals surface area contributed by atoms with Crippen molar-refractivity contribution >= 4 is 33.2 Å². The number of anilines is 1. The minimum Gasteiger partial charge on any atom is -0.493 e. The van der Waals surface area contributed by atoms with Gasteiger partial charge >= 0.3 is 0 Å². The molecule has 0 aliphatic heterocycles. The zero-order chi connectivity index (χ0) is 20.9. The highest BCUT2D eigenvalue weighted by molar-refractivity contribution is 7.89. The van der Waals surface area contributed by atoms with Gasteiger partial charge in [-0.3, -0.25) is 4.79 Å². The van der Waals surface area contributed by atoms with Crippen LogP contribution in [0.3, 0.4) is 0 Å². The number of ether oxygens (including phenoxy) is 2. The standard InChI is InChI=1S/C19H23ClN2O5S/c1-5-27-17-9-6-13(10-18(17)26-4)21-19(23)15-11-14(7-8-16(15)20)28(24,25)22-12(2)3/h6-12,22H,5H2,1-4H3,(H,21,23). The van der Waals surface area contributed by atoms with Gasteiger partial charge in [0.1, 0.15) is 0 Å². The van der Waals surface area contributed by atoms with E-state index in [9.17, 15) is 13.2 Å². The molecule has 7 nitrogen and oxygen atoms in total. The Labute approximate surface area is 170 Å². The average molecular weight is 427 g/mol. The van der Waals surface area contributed by atoms with Crippen LogP contribution in [0.4, 0.5) is 5.69 Å². The number of amides is 1. The summed E-state index contributed by atoms with van der Waals surface area (Å²) in [5.41, 5.74) is 0.496. The maximum Gasteiger partial charge on any atom is 0.257 e. The smallest absolute Gasteiger partial charge is 0.257 e. The minimum atomic E-state index is -3.75. The molecule has 1 amide bonds. The molecule has 9 heteroatoms. The van der Waals surface area contributed by atoms with Gasteiger partial charge in [-0.05, 0) is 51.1 Å². The highest BCUT2D eigenvalue weighted by Gasteiger charge is 2.20. The van der Waals surface area contributed by atoms with Crippen LogP contribution < -0.4 is 19.5 Å². The first-order valence-corrected chi connectivity index (χ1v) is 10.5. The number of hydrogen-bond acceptors (Lipinski definition) is 5. The van der Waals surface area contributed by atoms with E-state index >= 15 is 0 Å². The molecular weight excluding hydrogens is 404 g/mol. The molecule has 2 rings (SSSR count). The Bertz CT molecular complexity index is 961. The molecule has 0 saturated carbocycles. The number of nitrogens with one attached hydrogen (secondary N) is 2. The van der Waals surface area contributed by atoms with Gasteiger partial charge in [0, 0.05) is 17.8 Å². The Hall–Kier alpha value is -2.29. The van der Waals surface area contributed by atoms with Crippen molar-refractivity contribution in [1.82, 2.24) is 4.72 Å². The van der Waals surface area contributed by atoms with Crippen molar-refractivity contribution in [2.45, 2.75) is 31.7 Å². The molecule has 0 aliphatic rings. The fourth-order valence-corrected chi connectivity index (χ4v) is 3.92. The molecule has 0 unspecified atom stereocenters. The number of carbonyl (C=O) groups excluding carboxylic acids is 1. The Morgan fingerprint density at radius 1 is 1.14 bits per heavy atom. The quantitative estimate of drug-likeness (QED) is 0.671. The predicted molar refractivity (Wildman–Crippen MR) is 109 cm³/mol. The molecular formula is C19H23ClN2O5S. The summed E-state index contributed by atoms with van der Waals surface area (Å²) in [7, 11) is -2.26. The van der Waals surface area contributed by atoms with Gasteiger partial charge in [-0.25, -0.2) is 13.1 Å². The maximum absolute atomic E-state index is 12.7. The lowest BCUT2D eigenvalue weighted by Gasteiger charge is -2.13. The summed E-state index contributed by atoms with van der Waals surface area (Å²) in [6.45, 7) is 5.75. The zero-order valence-corrected chi connectivity index (χ0v) is 17.6. The van der Waals surface area contributed by atoms with Gasteiger partial charge in [-0.2, -0.15) is 0 Å². The Balaban J connectivity index is 2.31. The second kappa shape index (κ2) is 9.27. The molecule has 0 saturated heterocycles. The lowest BCUT2D eigenvalue weighted by atomic mass is 10.2. The van der Waals surface area contributed by atoms with Crippen molar-refractivity contribution in [1.29, 1.82) is 0 Å². The van der Waals surface area contributed by atoms with E-state index in [0.717, 1.165) is 0 Å². The van der Waals surface area contributed by atoms with Crippen LogP contribution in [-0.2, 0) is 10.0 Å². The first kappa shape index (κ1) is 22.0. The molecule has 2 aromatic carbocycles. The fraction of sp³-hybridized carbons (Fsp3) is 0.316. The SMILES string of the molecule is CCOc1ccc(NC(=O)c2cc(S(=O)(=O)NC(C)C)ccc2Cl)cc1OC. The van der Waals surface area contributed by atoms with Crippen molar-refractivity contribution < 1.29 is 22.7 Å². The predicted octanol–water partition coefficient (Wildman–Crippen LogP) is 3.69. The number of hydrogen-bond donors (Lipinski definition) is 2. The summed E-state index contributed by atoms with van der Waals surface area (Å²) < 4.78 is 37.9. The third kappa shape index (κ3) is 5.37. The summed E-state index contributed by atoms with van der Waals surface area (Å²) in [5.74, 6) is 0.468. The topological polar surface area (TPSA) is 93.7 Å².